The molecule has 5 nitrogen and oxygen atoms in total. The van der Waals surface area contributed by atoms with E-state index in [1.807, 2.05) is 24.3 Å². The van der Waals surface area contributed by atoms with Gasteiger partial charge < -0.3 is 10.6 Å². The maximum Gasteiger partial charge on any atom is 0.252 e. The number of nitrogens with zero attached hydrogens (tertiary/aromatic N) is 1. The first-order chi connectivity index (χ1) is 14.5. The number of hydrogen-bond acceptors (Lipinski definition) is 3. The molecular weight excluding hydrogens is 442 g/mol. The number of rotatable bonds is 7. The fraction of sp³-hybridized carbons (Fsp3) is 0.417. The fourth-order valence-corrected chi connectivity index (χ4v) is 4.39. The molecular formula is C24H30BrN3O2. The number of halogens is 1. The van der Waals surface area contributed by atoms with Crippen LogP contribution in [0.3, 0.4) is 0 Å². The first-order valence-electron chi connectivity index (χ1n) is 10.7. The van der Waals surface area contributed by atoms with Crippen LogP contribution in [-0.4, -0.2) is 42.4 Å². The number of carbonyl (C=O) groups excluding carboxylic acids is 2. The monoisotopic (exact) mass is 471 g/mol. The van der Waals surface area contributed by atoms with Gasteiger partial charge in [0.25, 0.3) is 5.91 Å². The van der Waals surface area contributed by atoms with E-state index in [1.165, 1.54) is 11.1 Å². The van der Waals surface area contributed by atoms with Gasteiger partial charge in [-0.25, -0.2) is 0 Å². The van der Waals surface area contributed by atoms with E-state index in [0.717, 1.165) is 48.9 Å². The van der Waals surface area contributed by atoms with Crippen molar-refractivity contribution in [3.8, 4) is 0 Å². The Morgan fingerprint density at radius 1 is 1.00 bits per heavy atom. The molecule has 1 fully saturated rings. The lowest BCUT2D eigenvalue weighted by Gasteiger charge is -2.32. The number of likely N-dealkylation sites (tertiary alicyclic amines) is 1. The van der Waals surface area contributed by atoms with E-state index in [2.05, 4.69) is 63.5 Å². The van der Waals surface area contributed by atoms with E-state index < -0.39 is 0 Å². The average molecular weight is 472 g/mol. The standard InChI is InChI=1S/C24H30BrN3O2/c1-3-17-8-7-9-18(4-2)23(17)27-22(29)16-28-14-12-19(13-15-28)26-24(30)20-10-5-6-11-21(20)25/h5-11,19H,3-4,12-16H2,1-2H3,(H,26,30)(H,27,29). The predicted octanol–water partition coefficient (Wildman–Crippen LogP) is 4.41. The van der Waals surface area contributed by atoms with Gasteiger partial charge in [-0.3, -0.25) is 14.5 Å². The molecule has 6 heteroatoms. The number of anilines is 1. The second kappa shape index (κ2) is 10.7. The van der Waals surface area contributed by atoms with Crippen LogP contribution >= 0.6 is 15.9 Å². The zero-order chi connectivity index (χ0) is 21.5. The van der Waals surface area contributed by atoms with Crippen molar-refractivity contribution in [1.29, 1.82) is 0 Å². The van der Waals surface area contributed by atoms with Crippen LogP contribution in [-0.2, 0) is 17.6 Å². The lowest BCUT2D eigenvalue weighted by atomic mass is 10.0. The van der Waals surface area contributed by atoms with Crippen molar-refractivity contribution in [2.45, 2.75) is 45.6 Å². The molecule has 3 rings (SSSR count). The molecule has 0 unspecified atom stereocenters. The van der Waals surface area contributed by atoms with Crippen LogP contribution in [0.25, 0.3) is 0 Å². The predicted molar refractivity (Wildman–Crippen MR) is 125 cm³/mol. The number of amides is 2. The van der Waals surface area contributed by atoms with Crippen LogP contribution < -0.4 is 10.6 Å². The highest BCUT2D eigenvalue weighted by Gasteiger charge is 2.23. The number of piperidine rings is 1. The van der Waals surface area contributed by atoms with E-state index in [0.29, 0.717) is 12.1 Å². The Morgan fingerprint density at radius 3 is 2.23 bits per heavy atom. The number of carbonyl (C=O) groups is 2. The van der Waals surface area contributed by atoms with Gasteiger partial charge in [-0.1, -0.05) is 44.2 Å². The minimum absolute atomic E-state index is 0.0290. The van der Waals surface area contributed by atoms with Crippen LogP contribution in [0.1, 0.15) is 48.2 Å². The highest BCUT2D eigenvalue weighted by molar-refractivity contribution is 9.10. The van der Waals surface area contributed by atoms with Gasteiger partial charge in [-0.05, 0) is 64.9 Å². The van der Waals surface area contributed by atoms with E-state index in [4.69, 9.17) is 0 Å². The Labute approximate surface area is 187 Å². The van der Waals surface area contributed by atoms with Gasteiger partial charge in [-0.15, -0.1) is 0 Å². The van der Waals surface area contributed by atoms with Gasteiger partial charge in [-0.2, -0.15) is 0 Å². The molecule has 0 bridgehead atoms. The van der Waals surface area contributed by atoms with Crippen LogP contribution in [0.5, 0.6) is 0 Å². The molecule has 160 valence electrons. The molecule has 30 heavy (non-hydrogen) atoms. The molecule has 0 spiro atoms. The normalized spacial score (nSPS) is 15.0. The average Bonchev–Trinajstić information content (AvgIpc) is 2.75. The number of nitrogens with one attached hydrogen (secondary N) is 2. The third-order valence-corrected chi connectivity index (χ3v) is 6.36. The minimum Gasteiger partial charge on any atom is -0.349 e. The number of aryl methyl sites for hydroxylation is 2. The van der Waals surface area contributed by atoms with Gasteiger partial charge in [0, 0.05) is 29.3 Å². The van der Waals surface area contributed by atoms with Crippen molar-refractivity contribution in [3.63, 3.8) is 0 Å². The summed E-state index contributed by atoms with van der Waals surface area (Å²) in [5.41, 5.74) is 3.98. The molecule has 2 amide bonds. The summed E-state index contributed by atoms with van der Waals surface area (Å²) in [4.78, 5) is 27.3. The highest BCUT2D eigenvalue weighted by atomic mass is 79.9. The quantitative estimate of drug-likeness (QED) is 0.628. The van der Waals surface area contributed by atoms with Crippen LogP contribution in [0.4, 0.5) is 5.69 Å². The summed E-state index contributed by atoms with van der Waals surface area (Å²) in [6.45, 7) is 6.19. The molecule has 2 aromatic carbocycles. The summed E-state index contributed by atoms with van der Waals surface area (Å²) in [5, 5.41) is 6.27. The van der Waals surface area contributed by atoms with E-state index in [-0.39, 0.29) is 17.9 Å². The minimum atomic E-state index is -0.0538. The van der Waals surface area contributed by atoms with E-state index in [1.54, 1.807) is 0 Å². The van der Waals surface area contributed by atoms with Crippen molar-refractivity contribution in [2.75, 3.05) is 25.0 Å². The molecule has 0 atom stereocenters. The summed E-state index contributed by atoms with van der Waals surface area (Å²) in [6.07, 6.45) is 3.47. The second-order valence-electron chi connectivity index (χ2n) is 7.71. The van der Waals surface area contributed by atoms with E-state index in [9.17, 15) is 9.59 Å². The van der Waals surface area contributed by atoms with Crippen molar-refractivity contribution in [2.24, 2.45) is 0 Å². The topological polar surface area (TPSA) is 61.4 Å². The van der Waals surface area contributed by atoms with E-state index >= 15 is 0 Å². The molecule has 0 aromatic heterocycles. The van der Waals surface area contributed by atoms with Crippen LogP contribution in [0, 0.1) is 0 Å². The third kappa shape index (κ3) is 5.70. The zero-order valence-corrected chi connectivity index (χ0v) is 19.3. The Morgan fingerprint density at radius 2 is 1.63 bits per heavy atom. The SMILES string of the molecule is CCc1cccc(CC)c1NC(=O)CN1CCC(NC(=O)c2ccccc2Br)CC1. The number of hydrogen-bond donors (Lipinski definition) is 2. The van der Waals surface area contributed by atoms with Crippen molar-refractivity contribution >= 4 is 33.4 Å². The molecule has 0 saturated carbocycles. The molecule has 0 aliphatic carbocycles. The summed E-state index contributed by atoms with van der Waals surface area (Å²) < 4.78 is 0.801. The van der Waals surface area contributed by atoms with Gasteiger partial charge in [0.2, 0.25) is 5.91 Å². The van der Waals surface area contributed by atoms with Crippen LogP contribution in [0.15, 0.2) is 46.9 Å². The summed E-state index contributed by atoms with van der Waals surface area (Å²) in [6, 6.07) is 13.8. The van der Waals surface area contributed by atoms with Gasteiger partial charge in [0.1, 0.15) is 0 Å². The first kappa shape index (κ1) is 22.5. The first-order valence-corrected chi connectivity index (χ1v) is 11.5. The van der Waals surface area contributed by atoms with Gasteiger partial charge >= 0.3 is 0 Å². The highest BCUT2D eigenvalue weighted by Crippen LogP contribution is 2.23. The molecule has 0 radical (unpaired) electrons. The number of benzene rings is 2. The molecule has 1 saturated heterocycles. The smallest absolute Gasteiger partial charge is 0.252 e. The summed E-state index contributed by atoms with van der Waals surface area (Å²) >= 11 is 3.43. The second-order valence-corrected chi connectivity index (χ2v) is 8.56. The maximum atomic E-state index is 12.7. The summed E-state index contributed by atoms with van der Waals surface area (Å²) in [7, 11) is 0. The lowest BCUT2D eigenvalue weighted by Crippen LogP contribution is -2.46. The van der Waals surface area contributed by atoms with Gasteiger partial charge in [0.05, 0.1) is 12.1 Å². The Bertz CT molecular complexity index is 870. The third-order valence-electron chi connectivity index (χ3n) is 5.67. The Kier molecular flexibility index (Phi) is 8.05. The molecule has 1 aliphatic heterocycles. The number of para-hydroxylation sites is 1. The largest absolute Gasteiger partial charge is 0.349 e. The zero-order valence-electron chi connectivity index (χ0n) is 17.7. The maximum absolute atomic E-state index is 12.7. The van der Waals surface area contributed by atoms with Gasteiger partial charge in [0.15, 0.2) is 0 Å². The Balaban J connectivity index is 1.50. The van der Waals surface area contributed by atoms with Crippen molar-refractivity contribution < 1.29 is 9.59 Å². The molecule has 2 aromatic rings. The molecule has 1 aliphatic rings. The molecule has 2 N–H and O–H groups in total. The fourth-order valence-electron chi connectivity index (χ4n) is 3.93. The lowest BCUT2D eigenvalue weighted by molar-refractivity contribution is -0.117. The Hall–Kier alpha value is -2.18. The van der Waals surface area contributed by atoms with Crippen molar-refractivity contribution in [1.82, 2.24) is 10.2 Å². The molecule has 1 heterocycles. The van der Waals surface area contributed by atoms with Crippen molar-refractivity contribution in [3.05, 3.63) is 63.6 Å². The summed E-state index contributed by atoms with van der Waals surface area (Å²) in [5.74, 6) is -0.0248. The van der Waals surface area contributed by atoms with Crippen LogP contribution in [0.2, 0.25) is 0 Å².